The zero-order valence-electron chi connectivity index (χ0n) is 7.57. The maximum Gasteiger partial charge on any atom is 0.0708 e. The average molecular weight is 208 g/mol. The second kappa shape index (κ2) is 3.84. The molecule has 72 valence electrons. The van der Waals surface area contributed by atoms with Gasteiger partial charge in [-0.1, -0.05) is 41.0 Å². The van der Waals surface area contributed by atoms with Gasteiger partial charge < -0.3 is 5.21 Å². The summed E-state index contributed by atoms with van der Waals surface area (Å²) >= 11 is 6.17. The first kappa shape index (κ1) is 9.28. The van der Waals surface area contributed by atoms with Crippen LogP contribution in [0.2, 0.25) is 0 Å². The van der Waals surface area contributed by atoms with Crippen molar-refractivity contribution in [3.8, 4) is 0 Å². The van der Waals surface area contributed by atoms with Crippen molar-refractivity contribution in [3.63, 3.8) is 0 Å². The van der Waals surface area contributed by atoms with Gasteiger partial charge in [0.15, 0.2) is 0 Å². The van der Waals surface area contributed by atoms with Gasteiger partial charge in [0.2, 0.25) is 0 Å². The molecule has 0 aromatic heterocycles. The molecule has 0 saturated carbocycles. The summed E-state index contributed by atoms with van der Waals surface area (Å²) < 4.78 is 0. The number of halogens is 1. The van der Waals surface area contributed by atoms with Gasteiger partial charge in [0, 0.05) is 0 Å². The summed E-state index contributed by atoms with van der Waals surface area (Å²) in [5, 5.41) is 12.2. The highest BCUT2D eigenvalue weighted by Gasteiger charge is 2.15. The van der Waals surface area contributed by atoms with E-state index in [0.717, 1.165) is 24.0 Å². The van der Waals surface area contributed by atoms with Crippen LogP contribution in [0.15, 0.2) is 35.0 Å². The highest BCUT2D eigenvalue weighted by atomic mass is 35.5. The molecule has 0 fully saturated rings. The van der Waals surface area contributed by atoms with Crippen LogP contribution in [0.1, 0.15) is 17.5 Å². The van der Waals surface area contributed by atoms with Crippen LogP contribution in [0.25, 0.3) is 5.03 Å². The Morgan fingerprint density at radius 1 is 1.29 bits per heavy atom. The predicted molar refractivity (Wildman–Crippen MR) is 57.8 cm³/mol. The Kier molecular flexibility index (Phi) is 2.55. The Hall–Kier alpha value is -1.28. The fourth-order valence-electron chi connectivity index (χ4n) is 1.70. The summed E-state index contributed by atoms with van der Waals surface area (Å²) in [5.41, 5.74) is 3.20. The summed E-state index contributed by atoms with van der Waals surface area (Å²) in [7, 11) is 0. The lowest BCUT2D eigenvalue weighted by Gasteiger charge is -2.16. The fourth-order valence-corrected chi connectivity index (χ4v) is 2.02. The molecule has 1 aliphatic rings. The second-order valence-corrected chi connectivity index (χ2v) is 3.62. The number of nitrogens with zero attached hydrogens (tertiary/aromatic N) is 1. The predicted octanol–water partition coefficient (Wildman–Crippen LogP) is 3.04. The van der Waals surface area contributed by atoms with E-state index in [0.29, 0.717) is 5.03 Å². The van der Waals surface area contributed by atoms with Crippen molar-refractivity contribution in [2.24, 2.45) is 5.16 Å². The molecule has 1 N–H and O–H groups in total. The molecule has 1 aromatic carbocycles. The molecule has 0 radical (unpaired) electrons. The van der Waals surface area contributed by atoms with Crippen molar-refractivity contribution in [2.75, 3.05) is 0 Å². The summed E-state index contributed by atoms with van der Waals surface area (Å²) in [6.07, 6.45) is 3.20. The molecule has 1 aromatic rings. The molecule has 2 rings (SSSR count). The molecule has 0 atom stereocenters. The van der Waals surface area contributed by atoms with E-state index in [9.17, 15) is 0 Å². The molecule has 0 spiro atoms. The molecule has 2 nitrogen and oxygen atoms in total. The Balaban J connectivity index is 2.51. The summed E-state index contributed by atoms with van der Waals surface area (Å²) in [4.78, 5) is 0. The topological polar surface area (TPSA) is 32.6 Å². The van der Waals surface area contributed by atoms with Gasteiger partial charge >= 0.3 is 0 Å². The molecule has 14 heavy (non-hydrogen) atoms. The third-order valence-corrected chi connectivity index (χ3v) is 2.86. The lowest BCUT2D eigenvalue weighted by Crippen LogP contribution is -2.02. The average Bonchev–Trinajstić information content (AvgIpc) is 2.23. The highest BCUT2D eigenvalue weighted by Crippen LogP contribution is 2.32. The molecule has 1 aliphatic carbocycles. The van der Waals surface area contributed by atoms with Gasteiger partial charge in [-0.15, -0.1) is 0 Å². The largest absolute Gasteiger partial charge is 0.411 e. The number of rotatable bonds is 1. The number of fused-ring (bicyclic) bond motifs is 1. The maximum absolute atomic E-state index is 8.46. The molecular weight excluding hydrogens is 198 g/mol. The lowest BCUT2D eigenvalue weighted by molar-refractivity contribution is 0.321. The van der Waals surface area contributed by atoms with Crippen LogP contribution in [0.4, 0.5) is 0 Å². The molecule has 0 saturated heterocycles. The van der Waals surface area contributed by atoms with E-state index in [1.54, 1.807) is 0 Å². The van der Waals surface area contributed by atoms with Gasteiger partial charge in [-0.3, -0.25) is 0 Å². The smallest absolute Gasteiger partial charge is 0.0708 e. The monoisotopic (exact) mass is 207 g/mol. The van der Waals surface area contributed by atoms with Crippen molar-refractivity contribution < 1.29 is 5.21 Å². The summed E-state index contributed by atoms with van der Waals surface area (Å²) in [6.45, 7) is 0. The van der Waals surface area contributed by atoms with E-state index < -0.39 is 0 Å². The number of hydrogen-bond acceptors (Lipinski definition) is 2. The van der Waals surface area contributed by atoms with Gasteiger partial charge in [0.1, 0.15) is 0 Å². The fraction of sp³-hybridized carbons (Fsp3) is 0.182. The molecule has 0 heterocycles. The molecule has 3 heteroatoms. The number of allylic oxidation sites excluding steroid dienone is 1. The summed E-state index contributed by atoms with van der Waals surface area (Å²) in [5.74, 6) is 0. The standard InChI is InChI=1S/C11H10ClNO/c12-11-9(7-13-14)6-5-8-3-1-2-4-10(8)11/h1-4,7,14H,5-6H2. The molecule has 0 amide bonds. The summed E-state index contributed by atoms with van der Waals surface area (Å²) in [6, 6.07) is 8.03. The maximum atomic E-state index is 8.46. The van der Waals surface area contributed by atoms with Crippen LogP contribution >= 0.6 is 11.6 Å². The van der Waals surface area contributed by atoms with E-state index in [2.05, 4.69) is 11.2 Å². The van der Waals surface area contributed by atoms with Crippen molar-refractivity contribution in [1.29, 1.82) is 0 Å². The number of benzene rings is 1. The first-order valence-electron chi connectivity index (χ1n) is 4.47. The van der Waals surface area contributed by atoms with Crippen LogP contribution in [0.5, 0.6) is 0 Å². The van der Waals surface area contributed by atoms with Gasteiger partial charge in [0.05, 0.1) is 11.2 Å². The normalized spacial score (nSPS) is 16.1. The highest BCUT2D eigenvalue weighted by molar-refractivity contribution is 6.50. The van der Waals surface area contributed by atoms with E-state index in [1.165, 1.54) is 11.8 Å². The van der Waals surface area contributed by atoms with E-state index in [4.69, 9.17) is 16.8 Å². The number of hydrogen-bond donors (Lipinski definition) is 1. The Morgan fingerprint density at radius 3 is 2.86 bits per heavy atom. The number of aryl methyl sites for hydroxylation is 1. The van der Waals surface area contributed by atoms with Crippen LogP contribution in [0.3, 0.4) is 0 Å². The van der Waals surface area contributed by atoms with Gasteiger partial charge in [0.25, 0.3) is 0 Å². The first-order valence-corrected chi connectivity index (χ1v) is 4.85. The zero-order chi connectivity index (χ0) is 9.97. The van der Waals surface area contributed by atoms with Crippen LogP contribution < -0.4 is 0 Å². The van der Waals surface area contributed by atoms with E-state index in [-0.39, 0.29) is 0 Å². The van der Waals surface area contributed by atoms with Crippen LogP contribution in [-0.4, -0.2) is 11.4 Å². The molecular formula is C11H10ClNO. The minimum Gasteiger partial charge on any atom is -0.411 e. The van der Waals surface area contributed by atoms with Gasteiger partial charge in [-0.25, -0.2) is 0 Å². The van der Waals surface area contributed by atoms with Gasteiger partial charge in [-0.05, 0) is 29.5 Å². The van der Waals surface area contributed by atoms with Crippen molar-refractivity contribution >= 4 is 22.8 Å². The van der Waals surface area contributed by atoms with E-state index >= 15 is 0 Å². The Bertz CT molecular complexity index is 410. The third kappa shape index (κ3) is 1.53. The van der Waals surface area contributed by atoms with E-state index in [1.807, 2.05) is 18.2 Å². The SMILES string of the molecule is ON=CC1=C(Cl)c2ccccc2CC1. The van der Waals surface area contributed by atoms with Crippen molar-refractivity contribution in [1.82, 2.24) is 0 Å². The first-order chi connectivity index (χ1) is 6.83. The van der Waals surface area contributed by atoms with Crippen molar-refractivity contribution in [2.45, 2.75) is 12.8 Å². The molecule has 0 unspecified atom stereocenters. The van der Waals surface area contributed by atoms with Crippen LogP contribution in [0, 0.1) is 0 Å². The zero-order valence-corrected chi connectivity index (χ0v) is 8.33. The Labute approximate surface area is 87.5 Å². The van der Waals surface area contributed by atoms with Crippen LogP contribution in [-0.2, 0) is 6.42 Å². The minimum absolute atomic E-state index is 0.699. The second-order valence-electron chi connectivity index (χ2n) is 3.24. The van der Waals surface area contributed by atoms with Gasteiger partial charge in [-0.2, -0.15) is 0 Å². The third-order valence-electron chi connectivity index (χ3n) is 2.41. The number of oxime groups is 1. The molecule has 0 aliphatic heterocycles. The minimum atomic E-state index is 0.699. The lowest BCUT2D eigenvalue weighted by atomic mass is 9.92. The quantitative estimate of drug-likeness (QED) is 0.429. The van der Waals surface area contributed by atoms with Crippen molar-refractivity contribution in [3.05, 3.63) is 41.0 Å². The molecule has 0 bridgehead atoms. The Morgan fingerprint density at radius 2 is 2.07 bits per heavy atom.